The van der Waals surface area contributed by atoms with Crippen LogP contribution < -0.4 is 0 Å². The summed E-state index contributed by atoms with van der Waals surface area (Å²) in [6, 6.07) is 0. The van der Waals surface area contributed by atoms with Gasteiger partial charge < -0.3 is 39.9 Å². The third-order valence-corrected chi connectivity index (χ3v) is 12.8. The standard InChI is InChI=1S/C53H93O13P/c1-3-5-7-9-11-13-15-17-19-20-21-22-23-24-25-26-28-29-31-33-35-37-39-41-46(54)63-43-45(44-64-67(61,62)66-53-51(59)49(57)48(56)50(58)52(53)60)65-47(55)42-40-38-36-34-32-30-27-18-16-14-12-10-8-6-4-2/h6,8,12,14,18,26-28,33,35,45,48-53,56-60H,3-5,7,9-11,13,15-17,19-25,29-32,34,36-44H2,1-2H3,(H,61,62)/b8-6+,14-12+,27-18+,28-26+,35-33+/t45-,48?,49-,50?,51?,52?,53?/m0/s1. The number of phosphoric ester groups is 1. The predicted octanol–water partition coefficient (Wildman–Crippen LogP) is 11.3. The summed E-state index contributed by atoms with van der Waals surface area (Å²) >= 11 is 0. The molecule has 0 aromatic rings. The molecule has 0 bridgehead atoms. The van der Waals surface area contributed by atoms with E-state index >= 15 is 0 Å². The van der Waals surface area contributed by atoms with E-state index in [1.807, 2.05) is 6.08 Å². The molecular weight excluding hydrogens is 876 g/mol. The summed E-state index contributed by atoms with van der Waals surface area (Å²) < 4.78 is 33.6. The van der Waals surface area contributed by atoms with Gasteiger partial charge >= 0.3 is 19.8 Å². The van der Waals surface area contributed by atoms with Gasteiger partial charge in [0.25, 0.3) is 0 Å². The zero-order valence-corrected chi connectivity index (χ0v) is 42.3. The van der Waals surface area contributed by atoms with Crippen molar-refractivity contribution in [2.45, 2.75) is 249 Å². The van der Waals surface area contributed by atoms with Crippen LogP contribution in [0.2, 0.25) is 0 Å². The average Bonchev–Trinajstić information content (AvgIpc) is 3.31. The van der Waals surface area contributed by atoms with Crippen molar-refractivity contribution in [2.75, 3.05) is 13.2 Å². The molecule has 0 heterocycles. The number of aliphatic hydroxyl groups excluding tert-OH is 5. The highest BCUT2D eigenvalue weighted by molar-refractivity contribution is 7.47. The highest BCUT2D eigenvalue weighted by Gasteiger charge is 2.51. The number of hydrogen-bond donors (Lipinski definition) is 6. The molecule has 0 aromatic carbocycles. The average molecular weight is 969 g/mol. The maximum absolute atomic E-state index is 12.8. The second-order valence-electron chi connectivity index (χ2n) is 18.0. The number of phosphoric acid groups is 1. The Morgan fingerprint density at radius 2 is 0.881 bits per heavy atom. The summed E-state index contributed by atoms with van der Waals surface area (Å²) in [5.41, 5.74) is 0. The van der Waals surface area contributed by atoms with E-state index in [9.17, 15) is 44.6 Å². The van der Waals surface area contributed by atoms with Gasteiger partial charge in [-0.25, -0.2) is 4.57 Å². The molecule has 0 aliphatic heterocycles. The zero-order valence-electron chi connectivity index (χ0n) is 41.4. The predicted molar refractivity (Wildman–Crippen MR) is 267 cm³/mol. The SMILES string of the molecule is CC/C=C/C/C=C/C/C=C/CCCCCCCC(=O)O[C@@H](COC(=O)CCC/C=C/CC/C=C/CCCCCCCCCCCCCCCC)COP(=O)(O)OC1C(O)C(O)C(O)[C@H](O)C1O. The minimum atomic E-state index is -5.14. The van der Waals surface area contributed by atoms with Crippen LogP contribution >= 0.6 is 7.82 Å². The third-order valence-electron chi connectivity index (χ3n) is 11.8. The lowest BCUT2D eigenvalue weighted by atomic mass is 9.85. The molecule has 388 valence electrons. The van der Waals surface area contributed by atoms with Crippen molar-refractivity contribution in [1.82, 2.24) is 0 Å². The van der Waals surface area contributed by atoms with Crippen molar-refractivity contribution >= 4 is 19.8 Å². The highest BCUT2D eigenvalue weighted by Crippen LogP contribution is 2.47. The van der Waals surface area contributed by atoms with Gasteiger partial charge in [-0.15, -0.1) is 0 Å². The van der Waals surface area contributed by atoms with Gasteiger partial charge in [0, 0.05) is 12.8 Å². The fourth-order valence-corrected chi connectivity index (χ4v) is 8.65. The van der Waals surface area contributed by atoms with E-state index in [-0.39, 0.29) is 12.8 Å². The molecule has 0 amide bonds. The first kappa shape index (κ1) is 62.6. The largest absolute Gasteiger partial charge is 0.472 e. The van der Waals surface area contributed by atoms with Gasteiger partial charge in [0.2, 0.25) is 0 Å². The molecule has 1 aliphatic carbocycles. The monoisotopic (exact) mass is 969 g/mol. The van der Waals surface area contributed by atoms with E-state index in [0.717, 1.165) is 70.6 Å². The Morgan fingerprint density at radius 1 is 0.478 bits per heavy atom. The quantitative estimate of drug-likeness (QED) is 0.0146. The number of hydrogen-bond acceptors (Lipinski definition) is 12. The number of carbonyl (C=O) groups is 2. The van der Waals surface area contributed by atoms with Crippen molar-refractivity contribution in [3.8, 4) is 0 Å². The second kappa shape index (κ2) is 42.4. The van der Waals surface area contributed by atoms with Crippen molar-refractivity contribution in [1.29, 1.82) is 0 Å². The van der Waals surface area contributed by atoms with Gasteiger partial charge in [-0.1, -0.05) is 177 Å². The van der Waals surface area contributed by atoms with Crippen molar-refractivity contribution < 1.29 is 63.1 Å². The summed E-state index contributed by atoms with van der Waals surface area (Å²) in [5, 5.41) is 50.2. The Balaban J connectivity index is 2.40. The fraction of sp³-hybridized carbons (Fsp3) is 0.774. The summed E-state index contributed by atoms with van der Waals surface area (Å²) in [6.45, 7) is 3.16. The summed E-state index contributed by atoms with van der Waals surface area (Å²) in [4.78, 5) is 35.8. The lowest BCUT2D eigenvalue weighted by Gasteiger charge is -2.41. The number of allylic oxidation sites excluding steroid dienone is 10. The van der Waals surface area contributed by atoms with E-state index in [1.54, 1.807) is 0 Å². The number of carbonyl (C=O) groups excluding carboxylic acids is 2. The summed E-state index contributed by atoms with van der Waals surface area (Å²) in [6.07, 6.45) is 40.0. The number of ether oxygens (including phenoxy) is 2. The van der Waals surface area contributed by atoms with Crippen LogP contribution in [0.5, 0.6) is 0 Å². The molecule has 0 saturated heterocycles. The Hall–Kier alpha value is -2.45. The Kier molecular flexibility index (Phi) is 39.6. The maximum atomic E-state index is 12.8. The molecule has 1 fully saturated rings. The molecule has 1 rings (SSSR count). The normalized spacial score (nSPS) is 21.6. The van der Waals surface area contributed by atoms with Gasteiger partial charge in [-0.2, -0.15) is 0 Å². The number of aliphatic hydroxyl groups is 5. The van der Waals surface area contributed by atoms with Gasteiger partial charge in [0.15, 0.2) is 6.10 Å². The number of esters is 2. The molecule has 1 aliphatic rings. The number of unbranched alkanes of at least 4 members (excludes halogenated alkanes) is 21. The zero-order chi connectivity index (χ0) is 49.2. The van der Waals surface area contributed by atoms with Crippen LogP contribution in [0.15, 0.2) is 60.8 Å². The van der Waals surface area contributed by atoms with Gasteiger partial charge in [0.1, 0.15) is 43.2 Å². The lowest BCUT2D eigenvalue weighted by Crippen LogP contribution is -2.64. The fourth-order valence-electron chi connectivity index (χ4n) is 7.68. The lowest BCUT2D eigenvalue weighted by molar-refractivity contribution is -0.220. The molecule has 14 heteroatoms. The van der Waals surface area contributed by atoms with Crippen LogP contribution in [-0.2, 0) is 32.7 Å². The topological polar surface area (TPSA) is 210 Å². The molecule has 13 nitrogen and oxygen atoms in total. The van der Waals surface area contributed by atoms with Crippen molar-refractivity contribution in [3.63, 3.8) is 0 Å². The smallest absolute Gasteiger partial charge is 0.462 e. The summed E-state index contributed by atoms with van der Waals surface area (Å²) in [5.74, 6) is -1.17. The Labute approximate surface area is 404 Å². The van der Waals surface area contributed by atoms with Crippen molar-refractivity contribution in [2.24, 2.45) is 0 Å². The van der Waals surface area contributed by atoms with E-state index in [4.69, 9.17) is 18.5 Å². The molecule has 67 heavy (non-hydrogen) atoms. The summed E-state index contributed by atoms with van der Waals surface area (Å²) in [7, 11) is -5.14. The molecule has 0 radical (unpaired) electrons. The van der Waals surface area contributed by atoms with E-state index < -0.39 is 75.7 Å². The molecule has 6 N–H and O–H groups in total. The molecule has 6 unspecified atom stereocenters. The molecular formula is C53H93O13P. The Morgan fingerprint density at radius 3 is 1.40 bits per heavy atom. The van der Waals surface area contributed by atoms with E-state index in [1.165, 1.54) is 89.9 Å². The van der Waals surface area contributed by atoms with Gasteiger partial charge in [0.05, 0.1) is 6.61 Å². The van der Waals surface area contributed by atoms with Crippen LogP contribution in [0.4, 0.5) is 0 Å². The maximum Gasteiger partial charge on any atom is 0.472 e. The van der Waals surface area contributed by atoms with Crippen LogP contribution in [0.25, 0.3) is 0 Å². The second-order valence-corrected chi connectivity index (χ2v) is 19.4. The van der Waals surface area contributed by atoms with Crippen LogP contribution in [0.3, 0.4) is 0 Å². The van der Waals surface area contributed by atoms with E-state index in [0.29, 0.717) is 19.3 Å². The minimum absolute atomic E-state index is 0.0671. The van der Waals surface area contributed by atoms with Gasteiger partial charge in [-0.3, -0.25) is 18.6 Å². The Bertz CT molecular complexity index is 1400. The highest BCUT2D eigenvalue weighted by atomic mass is 31.2. The van der Waals surface area contributed by atoms with Gasteiger partial charge in [-0.05, 0) is 77.0 Å². The third kappa shape index (κ3) is 34.5. The van der Waals surface area contributed by atoms with E-state index in [2.05, 4.69) is 68.5 Å². The van der Waals surface area contributed by atoms with Crippen LogP contribution in [-0.4, -0.2) is 98.3 Å². The first-order valence-electron chi connectivity index (χ1n) is 26.1. The minimum Gasteiger partial charge on any atom is -0.462 e. The molecule has 1 saturated carbocycles. The van der Waals surface area contributed by atoms with Crippen LogP contribution in [0.1, 0.15) is 206 Å². The van der Waals surface area contributed by atoms with Crippen LogP contribution in [0, 0.1) is 0 Å². The first-order chi connectivity index (χ1) is 32.4. The first-order valence-corrected chi connectivity index (χ1v) is 27.6. The molecule has 0 aromatic heterocycles. The number of rotatable bonds is 43. The molecule has 0 spiro atoms. The molecule has 8 atom stereocenters. The van der Waals surface area contributed by atoms with Crippen molar-refractivity contribution in [3.05, 3.63) is 60.8 Å².